The molecule has 0 heterocycles. The molecule has 0 aliphatic carbocycles. The Kier molecular flexibility index (Phi) is 23.4. The summed E-state index contributed by atoms with van der Waals surface area (Å²) in [6, 6.07) is 0. The molecule has 0 N–H and O–H groups in total. The van der Waals surface area contributed by atoms with E-state index in [9.17, 15) is 0 Å². The lowest BCUT2D eigenvalue weighted by Crippen LogP contribution is -2.28. The summed E-state index contributed by atoms with van der Waals surface area (Å²) < 4.78 is 18.4. The van der Waals surface area contributed by atoms with Gasteiger partial charge in [0, 0.05) is 19.8 Å². The molecule has 3 nitrogen and oxygen atoms in total. The van der Waals surface area contributed by atoms with Crippen molar-refractivity contribution in [2.24, 2.45) is 11.8 Å². The molecular weight excluding hydrogens is 372 g/mol. The molecule has 0 aromatic carbocycles. The highest BCUT2D eigenvalue weighted by Crippen LogP contribution is 2.15. The van der Waals surface area contributed by atoms with Crippen molar-refractivity contribution in [3.63, 3.8) is 0 Å². The van der Waals surface area contributed by atoms with E-state index in [0.717, 1.165) is 26.2 Å². The third-order valence-electron chi connectivity index (χ3n) is 6.25. The standard InChI is InChI=1S/C27H56O3/c1-6-11-14-15-16-17-20-30-27(23-28-21-25(9-4)18-12-7-2)24-29-22-26(10-5)19-13-8-3/h25-27H,6-24H2,1-5H3. The summed E-state index contributed by atoms with van der Waals surface area (Å²) in [6.07, 6.45) is 18.0. The summed E-state index contributed by atoms with van der Waals surface area (Å²) in [7, 11) is 0. The quantitative estimate of drug-likeness (QED) is 0.145. The van der Waals surface area contributed by atoms with Gasteiger partial charge in [-0.05, 0) is 31.1 Å². The van der Waals surface area contributed by atoms with Crippen LogP contribution in [0, 0.1) is 11.8 Å². The van der Waals surface area contributed by atoms with Crippen LogP contribution in [0.25, 0.3) is 0 Å². The van der Waals surface area contributed by atoms with Crippen LogP contribution in [-0.2, 0) is 14.2 Å². The molecule has 0 spiro atoms. The van der Waals surface area contributed by atoms with Crippen LogP contribution >= 0.6 is 0 Å². The average Bonchev–Trinajstić information content (AvgIpc) is 2.77. The zero-order chi connectivity index (χ0) is 22.3. The molecule has 0 radical (unpaired) electrons. The maximum absolute atomic E-state index is 6.19. The van der Waals surface area contributed by atoms with Crippen LogP contribution in [0.1, 0.15) is 125 Å². The van der Waals surface area contributed by atoms with Crippen molar-refractivity contribution in [2.45, 2.75) is 131 Å². The molecule has 30 heavy (non-hydrogen) atoms. The molecule has 0 bridgehead atoms. The van der Waals surface area contributed by atoms with Gasteiger partial charge in [0.2, 0.25) is 0 Å². The van der Waals surface area contributed by atoms with E-state index in [4.69, 9.17) is 14.2 Å². The van der Waals surface area contributed by atoms with Crippen LogP contribution in [0.3, 0.4) is 0 Å². The maximum Gasteiger partial charge on any atom is 0.104 e. The monoisotopic (exact) mass is 428 g/mol. The first-order valence-corrected chi connectivity index (χ1v) is 13.5. The molecule has 0 aliphatic rings. The average molecular weight is 429 g/mol. The molecule has 0 amide bonds. The molecular formula is C27H56O3. The van der Waals surface area contributed by atoms with Crippen molar-refractivity contribution in [1.29, 1.82) is 0 Å². The van der Waals surface area contributed by atoms with Crippen molar-refractivity contribution >= 4 is 0 Å². The van der Waals surface area contributed by atoms with Gasteiger partial charge in [-0.15, -0.1) is 0 Å². The van der Waals surface area contributed by atoms with Gasteiger partial charge in [-0.25, -0.2) is 0 Å². The predicted octanol–water partition coefficient (Wildman–Crippen LogP) is 8.20. The lowest BCUT2D eigenvalue weighted by atomic mass is 10.0. The molecule has 0 saturated carbocycles. The zero-order valence-electron chi connectivity index (χ0n) is 21.4. The fourth-order valence-corrected chi connectivity index (χ4v) is 3.81. The van der Waals surface area contributed by atoms with Gasteiger partial charge in [0.1, 0.15) is 6.10 Å². The molecule has 0 aromatic heterocycles. The Morgan fingerprint density at radius 2 is 0.967 bits per heavy atom. The highest BCUT2D eigenvalue weighted by molar-refractivity contribution is 4.62. The van der Waals surface area contributed by atoms with E-state index < -0.39 is 0 Å². The first-order valence-electron chi connectivity index (χ1n) is 13.5. The summed E-state index contributed by atoms with van der Waals surface area (Å²) in [4.78, 5) is 0. The Morgan fingerprint density at radius 3 is 1.43 bits per heavy atom. The van der Waals surface area contributed by atoms with E-state index in [1.165, 1.54) is 83.5 Å². The Balaban J connectivity index is 4.25. The largest absolute Gasteiger partial charge is 0.378 e. The Morgan fingerprint density at radius 1 is 0.500 bits per heavy atom. The van der Waals surface area contributed by atoms with Gasteiger partial charge in [0.05, 0.1) is 13.2 Å². The summed E-state index contributed by atoms with van der Waals surface area (Å²) in [5.41, 5.74) is 0. The minimum Gasteiger partial charge on any atom is -0.378 e. The lowest BCUT2D eigenvalue weighted by Gasteiger charge is -2.22. The van der Waals surface area contributed by atoms with Gasteiger partial charge in [-0.1, -0.05) is 105 Å². The van der Waals surface area contributed by atoms with Crippen LogP contribution < -0.4 is 0 Å². The normalized spacial score (nSPS) is 14.7. The zero-order valence-corrected chi connectivity index (χ0v) is 21.4. The number of ether oxygens (including phenoxy) is 3. The Hall–Kier alpha value is -0.120. The molecule has 182 valence electrons. The van der Waals surface area contributed by atoms with E-state index in [0.29, 0.717) is 25.0 Å². The van der Waals surface area contributed by atoms with Gasteiger partial charge in [0.25, 0.3) is 0 Å². The van der Waals surface area contributed by atoms with E-state index in [2.05, 4.69) is 34.6 Å². The van der Waals surface area contributed by atoms with Crippen LogP contribution in [0.5, 0.6) is 0 Å². The molecule has 2 atom stereocenters. The van der Waals surface area contributed by atoms with Gasteiger partial charge in [0.15, 0.2) is 0 Å². The van der Waals surface area contributed by atoms with Gasteiger partial charge >= 0.3 is 0 Å². The van der Waals surface area contributed by atoms with Crippen LogP contribution in [0.15, 0.2) is 0 Å². The SMILES string of the molecule is CCCCCCCCOC(COCC(CC)CCCC)COCC(CC)CCCC. The van der Waals surface area contributed by atoms with Gasteiger partial charge < -0.3 is 14.2 Å². The third-order valence-corrected chi connectivity index (χ3v) is 6.25. The van der Waals surface area contributed by atoms with Crippen molar-refractivity contribution in [3.8, 4) is 0 Å². The second kappa shape index (κ2) is 23.5. The maximum atomic E-state index is 6.19. The van der Waals surface area contributed by atoms with E-state index in [-0.39, 0.29) is 6.10 Å². The summed E-state index contributed by atoms with van der Waals surface area (Å²) in [5, 5.41) is 0. The van der Waals surface area contributed by atoms with Crippen molar-refractivity contribution < 1.29 is 14.2 Å². The van der Waals surface area contributed by atoms with E-state index >= 15 is 0 Å². The third kappa shape index (κ3) is 18.6. The van der Waals surface area contributed by atoms with Crippen LogP contribution in [-0.4, -0.2) is 39.1 Å². The van der Waals surface area contributed by atoms with Crippen LogP contribution in [0.4, 0.5) is 0 Å². The Labute approximate surface area is 190 Å². The van der Waals surface area contributed by atoms with Crippen molar-refractivity contribution in [3.05, 3.63) is 0 Å². The lowest BCUT2D eigenvalue weighted by molar-refractivity contribution is -0.0706. The fourth-order valence-electron chi connectivity index (χ4n) is 3.81. The van der Waals surface area contributed by atoms with Gasteiger partial charge in [-0.3, -0.25) is 0 Å². The topological polar surface area (TPSA) is 27.7 Å². The highest BCUT2D eigenvalue weighted by Gasteiger charge is 2.14. The second-order valence-electron chi connectivity index (χ2n) is 9.17. The number of unbranched alkanes of at least 4 members (excludes halogenated alkanes) is 7. The highest BCUT2D eigenvalue weighted by atomic mass is 16.6. The van der Waals surface area contributed by atoms with Crippen LogP contribution in [0.2, 0.25) is 0 Å². The number of hydrogen-bond acceptors (Lipinski definition) is 3. The number of hydrogen-bond donors (Lipinski definition) is 0. The summed E-state index contributed by atoms with van der Waals surface area (Å²) in [6.45, 7) is 15.3. The van der Waals surface area contributed by atoms with Crippen molar-refractivity contribution in [1.82, 2.24) is 0 Å². The van der Waals surface area contributed by atoms with Crippen molar-refractivity contribution in [2.75, 3.05) is 33.0 Å². The van der Waals surface area contributed by atoms with E-state index in [1.54, 1.807) is 0 Å². The smallest absolute Gasteiger partial charge is 0.104 e. The minimum atomic E-state index is 0.0769. The molecule has 0 rings (SSSR count). The number of rotatable bonds is 24. The molecule has 3 heteroatoms. The first-order chi connectivity index (χ1) is 14.7. The molecule has 0 fully saturated rings. The van der Waals surface area contributed by atoms with E-state index in [1.807, 2.05) is 0 Å². The minimum absolute atomic E-state index is 0.0769. The molecule has 0 saturated heterocycles. The van der Waals surface area contributed by atoms with Gasteiger partial charge in [-0.2, -0.15) is 0 Å². The summed E-state index contributed by atoms with van der Waals surface area (Å²) >= 11 is 0. The Bertz CT molecular complexity index is 299. The molecule has 2 unspecified atom stereocenters. The molecule has 0 aromatic rings. The summed E-state index contributed by atoms with van der Waals surface area (Å²) in [5.74, 6) is 1.37. The molecule has 0 aliphatic heterocycles. The predicted molar refractivity (Wildman–Crippen MR) is 131 cm³/mol. The second-order valence-corrected chi connectivity index (χ2v) is 9.17. The first kappa shape index (κ1) is 29.9. The fraction of sp³-hybridized carbons (Fsp3) is 1.00.